The van der Waals surface area contributed by atoms with Gasteiger partial charge in [-0.25, -0.2) is 0 Å². The smallest absolute Gasteiger partial charge is 0.0466 e. The molecule has 1 atom stereocenters. The van der Waals surface area contributed by atoms with Crippen molar-refractivity contribution in [2.75, 3.05) is 19.1 Å². The van der Waals surface area contributed by atoms with Crippen molar-refractivity contribution in [3.8, 4) is 0 Å². The second-order valence-corrected chi connectivity index (χ2v) is 4.43. The van der Waals surface area contributed by atoms with E-state index in [1.807, 2.05) is 25.1 Å². The fourth-order valence-electron chi connectivity index (χ4n) is 1.70. The van der Waals surface area contributed by atoms with E-state index < -0.39 is 0 Å². The number of rotatable bonds is 7. The highest BCUT2D eigenvalue weighted by Gasteiger charge is 2.12. The van der Waals surface area contributed by atoms with Gasteiger partial charge in [-0.1, -0.05) is 29.8 Å². The average molecular weight is 261 g/mol. The summed E-state index contributed by atoms with van der Waals surface area (Å²) in [5, 5.41) is 0.810. The lowest BCUT2D eigenvalue weighted by Gasteiger charge is -2.15. The first-order valence-corrected chi connectivity index (χ1v) is 6.59. The molecule has 0 aliphatic rings. The Bertz CT molecular complexity index is 302. The Kier molecular flexibility index (Phi) is 6.86. The van der Waals surface area contributed by atoms with Gasteiger partial charge in [-0.05, 0) is 37.3 Å². The van der Waals surface area contributed by atoms with E-state index in [1.54, 1.807) is 0 Å². The van der Waals surface area contributed by atoms with Crippen LogP contribution in [0.2, 0.25) is 5.02 Å². The fourth-order valence-corrected chi connectivity index (χ4v) is 2.31. The van der Waals surface area contributed by atoms with Crippen molar-refractivity contribution >= 4 is 23.2 Å². The van der Waals surface area contributed by atoms with Crippen LogP contribution in [-0.4, -0.2) is 19.1 Å². The molecular formula is C13H18Cl2O. The van der Waals surface area contributed by atoms with E-state index in [4.69, 9.17) is 27.9 Å². The fraction of sp³-hybridized carbons (Fsp3) is 0.538. The van der Waals surface area contributed by atoms with Gasteiger partial charge in [0.15, 0.2) is 0 Å². The van der Waals surface area contributed by atoms with Crippen molar-refractivity contribution in [3.05, 3.63) is 34.9 Å². The Morgan fingerprint density at radius 1 is 1.31 bits per heavy atom. The van der Waals surface area contributed by atoms with Gasteiger partial charge in [-0.3, -0.25) is 0 Å². The van der Waals surface area contributed by atoms with Crippen molar-refractivity contribution < 1.29 is 4.74 Å². The molecule has 1 nitrogen and oxygen atoms in total. The highest BCUT2D eigenvalue weighted by atomic mass is 35.5. The number of halogens is 2. The number of alkyl halides is 1. The number of ether oxygens (including phenoxy) is 1. The molecule has 90 valence electrons. The maximum Gasteiger partial charge on any atom is 0.0466 e. The van der Waals surface area contributed by atoms with Gasteiger partial charge < -0.3 is 4.74 Å². The number of benzene rings is 1. The first kappa shape index (κ1) is 13.8. The van der Waals surface area contributed by atoms with E-state index in [1.165, 1.54) is 0 Å². The molecule has 0 saturated heterocycles. The largest absolute Gasteiger partial charge is 0.382 e. The Labute approximate surface area is 108 Å². The highest BCUT2D eigenvalue weighted by molar-refractivity contribution is 6.31. The number of hydrogen-bond acceptors (Lipinski definition) is 1. The molecule has 1 rings (SSSR count). The van der Waals surface area contributed by atoms with E-state index in [0.717, 1.165) is 36.6 Å². The minimum atomic E-state index is 0.329. The lowest BCUT2D eigenvalue weighted by molar-refractivity contribution is 0.142. The molecular weight excluding hydrogens is 243 g/mol. The standard InChI is InChI=1S/C13H18Cl2O/c1-2-16-9-5-6-11(10-14)12-7-3-4-8-13(12)15/h3-4,7-8,11H,2,5-6,9-10H2,1H3. The van der Waals surface area contributed by atoms with Crippen LogP contribution >= 0.6 is 23.2 Å². The second kappa shape index (κ2) is 7.94. The third kappa shape index (κ3) is 4.32. The lowest BCUT2D eigenvalue weighted by atomic mass is 9.96. The molecule has 0 amide bonds. The summed E-state index contributed by atoms with van der Waals surface area (Å²) < 4.78 is 5.32. The third-order valence-corrected chi connectivity index (χ3v) is 3.29. The Hall–Kier alpha value is -0.240. The Balaban J connectivity index is 2.51. The van der Waals surface area contributed by atoms with Gasteiger partial charge in [0.05, 0.1) is 0 Å². The monoisotopic (exact) mass is 260 g/mol. The van der Waals surface area contributed by atoms with E-state index in [-0.39, 0.29) is 0 Å². The Morgan fingerprint density at radius 3 is 2.69 bits per heavy atom. The summed E-state index contributed by atoms with van der Waals surface area (Å²) in [7, 11) is 0. The van der Waals surface area contributed by atoms with Gasteiger partial charge in [0.2, 0.25) is 0 Å². The van der Waals surface area contributed by atoms with Gasteiger partial charge >= 0.3 is 0 Å². The zero-order valence-corrected chi connectivity index (χ0v) is 11.1. The molecule has 0 N–H and O–H groups in total. The van der Waals surface area contributed by atoms with Crippen LogP contribution in [0.3, 0.4) is 0 Å². The van der Waals surface area contributed by atoms with Crippen LogP contribution < -0.4 is 0 Å². The van der Waals surface area contributed by atoms with Gasteiger partial charge in [-0.15, -0.1) is 11.6 Å². The summed E-state index contributed by atoms with van der Waals surface area (Å²) in [6.45, 7) is 3.58. The molecule has 1 aromatic carbocycles. The topological polar surface area (TPSA) is 9.23 Å². The van der Waals surface area contributed by atoms with E-state index in [2.05, 4.69) is 6.07 Å². The van der Waals surface area contributed by atoms with Crippen molar-refractivity contribution in [3.63, 3.8) is 0 Å². The molecule has 0 fully saturated rings. The zero-order chi connectivity index (χ0) is 11.8. The van der Waals surface area contributed by atoms with Gasteiger partial charge in [0, 0.05) is 24.1 Å². The maximum atomic E-state index is 6.15. The van der Waals surface area contributed by atoms with E-state index >= 15 is 0 Å². The SMILES string of the molecule is CCOCCCC(CCl)c1ccccc1Cl. The lowest BCUT2D eigenvalue weighted by Crippen LogP contribution is -2.04. The van der Waals surface area contributed by atoms with Crippen LogP contribution in [0.4, 0.5) is 0 Å². The summed E-state index contributed by atoms with van der Waals surface area (Å²) in [5.41, 5.74) is 1.15. The zero-order valence-electron chi connectivity index (χ0n) is 9.59. The van der Waals surface area contributed by atoms with Crippen LogP contribution in [0.5, 0.6) is 0 Å². The molecule has 0 spiro atoms. The molecule has 0 heterocycles. The van der Waals surface area contributed by atoms with Gasteiger partial charge in [0.1, 0.15) is 0 Å². The van der Waals surface area contributed by atoms with Crippen molar-refractivity contribution in [2.24, 2.45) is 0 Å². The van der Waals surface area contributed by atoms with Crippen LogP contribution in [0.25, 0.3) is 0 Å². The van der Waals surface area contributed by atoms with Crippen LogP contribution in [0, 0.1) is 0 Å². The molecule has 0 aromatic heterocycles. The average Bonchev–Trinajstić information content (AvgIpc) is 2.31. The molecule has 0 radical (unpaired) electrons. The normalized spacial score (nSPS) is 12.7. The molecule has 0 aliphatic carbocycles. The Morgan fingerprint density at radius 2 is 2.06 bits per heavy atom. The summed E-state index contributed by atoms with van der Waals surface area (Å²) in [4.78, 5) is 0. The molecule has 0 aliphatic heterocycles. The third-order valence-electron chi connectivity index (χ3n) is 2.58. The van der Waals surface area contributed by atoms with Crippen molar-refractivity contribution in [1.82, 2.24) is 0 Å². The minimum absolute atomic E-state index is 0.329. The van der Waals surface area contributed by atoms with Crippen LogP contribution in [0.1, 0.15) is 31.2 Å². The van der Waals surface area contributed by atoms with Crippen molar-refractivity contribution in [1.29, 1.82) is 0 Å². The number of hydrogen-bond donors (Lipinski definition) is 0. The summed E-state index contributed by atoms with van der Waals surface area (Å²) in [6, 6.07) is 7.91. The summed E-state index contributed by atoms with van der Waals surface area (Å²) in [6.07, 6.45) is 2.05. The molecule has 0 bridgehead atoms. The quantitative estimate of drug-likeness (QED) is 0.519. The molecule has 0 saturated carbocycles. The second-order valence-electron chi connectivity index (χ2n) is 3.71. The first-order chi connectivity index (χ1) is 7.79. The first-order valence-electron chi connectivity index (χ1n) is 5.67. The highest BCUT2D eigenvalue weighted by Crippen LogP contribution is 2.28. The summed E-state index contributed by atoms with van der Waals surface area (Å²) >= 11 is 12.1. The summed E-state index contributed by atoms with van der Waals surface area (Å²) in [5.74, 6) is 0.936. The van der Waals surface area contributed by atoms with Crippen LogP contribution in [0.15, 0.2) is 24.3 Å². The van der Waals surface area contributed by atoms with E-state index in [0.29, 0.717) is 11.8 Å². The van der Waals surface area contributed by atoms with E-state index in [9.17, 15) is 0 Å². The van der Waals surface area contributed by atoms with Crippen LogP contribution in [-0.2, 0) is 4.74 Å². The molecule has 3 heteroatoms. The molecule has 1 aromatic rings. The predicted molar refractivity (Wildman–Crippen MR) is 70.6 cm³/mol. The maximum absolute atomic E-state index is 6.15. The predicted octanol–water partition coefficient (Wildman–Crippen LogP) is 4.48. The molecule has 16 heavy (non-hydrogen) atoms. The minimum Gasteiger partial charge on any atom is -0.382 e. The molecule has 1 unspecified atom stereocenters. The van der Waals surface area contributed by atoms with Crippen molar-refractivity contribution in [2.45, 2.75) is 25.7 Å². The van der Waals surface area contributed by atoms with Gasteiger partial charge in [-0.2, -0.15) is 0 Å². The van der Waals surface area contributed by atoms with Gasteiger partial charge in [0.25, 0.3) is 0 Å².